The molecule has 0 unspecified atom stereocenters. The molecule has 0 aromatic heterocycles. The summed E-state index contributed by atoms with van der Waals surface area (Å²) in [5, 5.41) is 3.04. The molecule has 0 heterocycles. The number of benzene rings is 1. The Hall–Kier alpha value is -0.960. The van der Waals surface area contributed by atoms with Gasteiger partial charge in [-0.3, -0.25) is 4.79 Å². The van der Waals surface area contributed by atoms with E-state index in [4.69, 9.17) is 0 Å². The summed E-state index contributed by atoms with van der Waals surface area (Å²) >= 11 is 1.57. The van der Waals surface area contributed by atoms with Gasteiger partial charge in [-0.25, -0.2) is 0 Å². The Morgan fingerprint density at radius 3 is 2.46 bits per heavy atom. The van der Waals surface area contributed by atoms with E-state index in [1.165, 1.54) is 0 Å². The van der Waals surface area contributed by atoms with Crippen molar-refractivity contribution in [2.45, 2.75) is 11.8 Å². The highest BCUT2D eigenvalue weighted by atomic mass is 32.2. The molecule has 1 aromatic rings. The van der Waals surface area contributed by atoms with Gasteiger partial charge in [0.05, 0.1) is 5.75 Å². The maximum absolute atomic E-state index is 10.7. The number of anilines is 1. The number of nitrogens with one attached hydrogen (secondary N) is 1. The number of carbonyl (C=O) groups excluding carboxylic acids is 1. The van der Waals surface area contributed by atoms with E-state index in [1.807, 2.05) is 31.3 Å². The first-order chi connectivity index (χ1) is 6.22. The number of carbonyl (C=O) groups is 1. The van der Waals surface area contributed by atoms with Crippen molar-refractivity contribution in [1.29, 1.82) is 0 Å². The van der Waals surface area contributed by atoms with Crippen LogP contribution in [0.25, 0.3) is 0 Å². The van der Waals surface area contributed by atoms with Crippen molar-refractivity contribution in [2.75, 3.05) is 18.1 Å². The van der Waals surface area contributed by atoms with Gasteiger partial charge < -0.3 is 5.32 Å². The Balaban J connectivity index is 2.54. The molecular weight excluding hydrogens is 182 g/mol. The van der Waals surface area contributed by atoms with Crippen molar-refractivity contribution in [2.24, 2.45) is 0 Å². The minimum Gasteiger partial charge on any atom is -0.388 e. The molecular formula is C10H13NOS. The van der Waals surface area contributed by atoms with Gasteiger partial charge in [-0.1, -0.05) is 0 Å². The van der Waals surface area contributed by atoms with Gasteiger partial charge in [0.15, 0.2) is 0 Å². The van der Waals surface area contributed by atoms with Crippen molar-refractivity contribution >= 4 is 23.2 Å². The highest BCUT2D eigenvalue weighted by Crippen LogP contribution is 2.19. The Labute approximate surface area is 82.7 Å². The molecule has 13 heavy (non-hydrogen) atoms. The van der Waals surface area contributed by atoms with Gasteiger partial charge in [0.25, 0.3) is 0 Å². The van der Waals surface area contributed by atoms with Crippen molar-refractivity contribution in [3.05, 3.63) is 24.3 Å². The zero-order chi connectivity index (χ0) is 9.68. The van der Waals surface area contributed by atoms with Crippen LogP contribution in [0.2, 0.25) is 0 Å². The fourth-order valence-electron chi connectivity index (χ4n) is 0.903. The Kier molecular flexibility index (Phi) is 3.83. The third-order valence-corrected chi connectivity index (χ3v) is 2.74. The summed E-state index contributed by atoms with van der Waals surface area (Å²) in [6, 6.07) is 8.03. The van der Waals surface area contributed by atoms with E-state index in [0.717, 1.165) is 10.6 Å². The standard InChI is InChI=1S/C10H13NOS/c1-8(12)7-13-10-5-3-9(11-2)4-6-10/h3-6,11H,7H2,1-2H3. The van der Waals surface area contributed by atoms with Crippen molar-refractivity contribution < 1.29 is 4.79 Å². The fourth-order valence-corrected chi connectivity index (χ4v) is 1.60. The molecule has 0 spiro atoms. The van der Waals surface area contributed by atoms with E-state index in [9.17, 15) is 4.79 Å². The van der Waals surface area contributed by atoms with Gasteiger partial charge in [-0.15, -0.1) is 11.8 Å². The molecule has 0 amide bonds. The first-order valence-corrected chi connectivity index (χ1v) is 5.11. The largest absolute Gasteiger partial charge is 0.388 e. The molecule has 0 aliphatic carbocycles. The maximum Gasteiger partial charge on any atom is 0.140 e. The van der Waals surface area contributed by atoms with Crippen LogP contribution in [-0.4, -0.2) is 18.6 Å². The van der Waals surface area contributed by atoms with E-state index < -0.39 is 0 Å². The molecule has 1 rings (SSSR count). The SMILES string of the molecule is CNc1ccc(SCC(C)=O)cc1. The van der Waals surface area contributed by atoms with Crippen LogP contribution < -0.4 is 5.32 Å². The summed E-state index contributed by atoms with van der Waals surface area (Å²) in [7, 11) is 1.89. The minimum atomic E-state index is 0.211. The first-order valence-electron chi connectivity index (χ1n) is 4.12. The van der Waals surface area contributed by atoms with E-state index in [2.05, 4.69) is 5.32 Å². The predicted octanol–water partition coefficient (Wildman–Crippen LogP) is 2.41. The lowest BCUT2D eigenvalue weighted by Crippen LogP contribution is -1.92. The number of hydrogen-bond donors (Lipinski definition) is 1. The van der Waals surface area contributed by atoms with E-state index in [1.54, 1.807) is 18.7 Å². The number of thioether (sulfide) groups is 1. The lowest BCUT2D eigenvalue weighted by molar-refractivity contribution is -0.114. The van der Waals surface area contributed by atoms with Crippen molar-refractivity contribution in [3.63, 3.8) is 0 Å². The zero-order valence-electron chi connectivity index (χ0n) is 7.83. The Bertz CT molecular complexity index is 281. The van der Waals surface area contributed by atoms with Gasteiger partial charge in [0.2, 0.25) is 0 Å². The maximum atomic E-state index is 10.7. The summed E-state index contributed by atoms with van der Waals surface area (Å²) in [4.78, 5) is 11.8. The zero-order valence-corrected chi connectivity index (χ0v) is 8.65. The molecule has 1 N–H and O–H groups in total. The predicted molar refractivity (Wildman–Crippen MR) is 57.4 cm³/mol. The van der Waals surface area contributed by atoms with E-state index in [-0.39, 0.29) is 5.78 Å². The summed E-state index contributed by atoms with van der Waals surface area (Å²) in [5.74, 6) is 0.765. The molecule has 0 atom stereocenters. The molecule has 0 fully saturated rings. The van der Waals surface area contributed by atoms with Crippen LogP contribution in [0.15, 0.2) is 29.2 Å². The van der Waals surface area contributed by atoms with Crippen LogP contribution in [0, 0.1) is 0 Å². The molecule has 1 aromatic carbocycles. The monoisotopic (exact) mass is 195 g/mol. The molecule has 0 saturated carbocycles. The molecule has 0 radical (unpaired) electrons. The molecule has 70 valence electrons. The van der Waals surface area contributed by atoms with Crippen LogP contribution in [0.4, 0.5) is 5.69 Å². The summed E-state index contributed by atoms with van der Waals surface area (Å²) < 4.78 is 0. The summed E-state index contributed by atoms with van der Waals surface area (Å²) in [5.41, 5.74) is 1.09. The number of rotatable bonds is 4. The first kappa shape index (κ1) is 10.1. The minimum absolute atomic E-state index is 0.211. The topological polar surface area (TPSA) is 29.1 Å². The fraction of sp³-hybridized carbons (Fsp3) is 0.300. The number of hydrogen-bond acceptors (Lipinski definition) is 3. The van der Waals surface area contributed by atoms with E-state index >= 15 is 0 Å². The van der Waals surface area contributed by atoms with Crippen LogP contribution >= 0.6 is 11.8 Å². The average molecular weight is 195 g/mol. The number of ketones is 1. The molecule has 0 bridgehead atoms. The number of Topliss-reactive ketones (excluding diaryl/α,β-unsaturated/α-hetero) is 1. The average Bonchev–Trinajstić information content (AvgIpc) is 2.15. The van der Waals surface area contributed by atoms with Crippen LogP contribution in [-0.2, 0) is 4.79 Å². The van der Waals surface area contributed by atoms with E-state index in [0.29, 0.717) is 5.75 Å². The lowest BCUT2D eigenvalue weighted by atomic mass is 10.3. The quantitative estimate of drug-likeness (QED) is 0.748. The normalized spacial score (nSPS) is 9.69. The van der Waals surface area contributed by atoms with Crippen LogP contribution in [0.3, 0.4) is 0 Å². The highest BCUT2D eigenvalue weighted by molar-refractivity contribution is 8.00. The summed E-state index contributed by atoms with van der Waals surface area (Å²) in [6.07, 6.45) is 0. The van der Waals surface area contributed by atoms with Crippen LogP contribution in [0.1, 0.15) is 6.92 Å². The second kappa shape index (κ2) is 4.92. The van der Waals surface area contributed by atoms with Gasteiger partial charge in [-0.2, -0.15) is 0 Å². The third-order valence-electron chi connectivity index (χ3n) is 1.59. The van der Waals surface area contributed by atoms with Crippen molar-refractivity contribution in [3.8, 4) is 0 Å². The second-order valence-corrected chi connectivity index (χ2v) is 3.81. The molecule has 0 aliphatic rings. The Morgan fingerprint density at radius 2 is 2.00 bits per heavy atom. The molecule has 2 nitrogen and oxygen atoms in total. The second-order valence-electron chi connectivity index (χ2n) is 2.77. The lowest BCUT2D eigenvalue weighted by Gasteiger charge is -2.01. The molecule has 0 saturated heterocycles. The smallest absolute Gasteiger partial charge is 0.140 e. The molecule has 3 heteroatoms. The Morgan fingerprint density at radius 1 is 1.38 bits per heavy atom. The third kappa shape index (κ3) is 3.51. The van der Waals surface area contributed by atoms with Crippen molar-refractivity contribution in [1.82, 2.24) is 0 Å². The summed E-state index contributed by atoms with van der Waals surface area (Å²) in [6.45, 7) is 1.61. The van der Waals surface area contributed by atoms with Gasteiger partial charge >= 0.3 is 0 Å². The van der Waals surface area contributed by atoms with Crippen LogP contribution in [0.5, 0.6) is 0 Å². The highest BCUT2D eigenvalue weighted by Gasteiger charge is 1.96. The van der Waals surface area contributed by atoms with Gasteiger partial charge in [-0.05, 0) is 31.2 Å². The van der Waals surface area contributed by atoms with Gasteiger partial charge in [0.1, 0.15) is 5.78 Å². The molecule has 0 aliphatic heterocycles. The van der Waals surface area contributed by atoms with Gasteiger partial charge in [0, 0.05) is 17.6 Å².